The third-order valence-electron chi connectivity index (χ3n) is 9.16. The largest absolute Gasteiger partial charge is 0.491 e. The molecular formula is C33H58O3. The molecule has 4 atom stereocenters. The SMILES string of the molecule is CC(C)c1ccc(OCCOC(C)(CC(C)C(C)(CC(C)C(C)C)OC2CCCCC2)C(C)C)cc1. The van der Waals surface area contributed by atoms with E-state index >= 15 is 0 Å². The Morgan fingerprint density at radius 1 is 0.778 bits per heavy atom. The summed E-state index contributed by atoms with van der Waals surface area (Å²) < 4.78 is 19.6. The van der Waals surface area contributed by atoms with Crippen molar-refractivity contribution in [1.29, 1.82) is 0 Å². The number of benzene rings is 1. The van der Waals surface area contributed by atoms with E-state index in [1.54, 1.807) is 0 Å². The van der Waals surface area contributed by atoms with Crippen LogP contribution >= 0.6 is 0 Å². The van der Waals surface area contributed by atoms with Crippen LogP contribution in [0.25, 0.3) is 0 Å². The third-order valence-corrected chi connectivity index (χ3v) is 9.16. The van der Waals surface area contributed by atoms with Gasteiger partial charge >= 0.3 is 0 Å². The van der Waals surface area contributed by atoms with Gasteiger partial charge in [-0.15, -0.1) is 0 Å². The number of hydrogen-bond donors (Lipinski definition) is 0. The van der Waals surface area contributed by atoms with Crippen molar-refractivity contribution in [2.24, 2.45) is 23.7 Å². The Kier molecular flexibility index (Phi) is 12.3. The molecule has 36 heavy (non-hydrogen) atoms. The fourth-order valence-electron chi connectivity index (χ4n) is 5.47. The maximum atomic E-state index is 7.02. The predicted molar refractivity (Wildman–Crippen MR) is 154 cm³/mol. The van der Waals surface area contributed by atoms with Crippen LogP contribution in [0.3, 0.4) is 0 Å². The summed E-state index contributed by atoms with van der Waals surface area (Å²) in [7, 11) is 0. The van der Waals surface area contributed by atoms with Gasteiger partial charge in [-0.05, 0) is 86.8 Å². The van der Waals surface area contributed by atoms with Gasteiger partial charge in [-0.1, -0.05) is 86.8 Å². The smallest absolute Gasteiger partial charge is 0.119 e. The Bertz CT molecular complexity index is 734. The van der Waals surface area contributed by atoms with Gasteiger partial charge in [0.2, 0.25) is 0 Å². The molecule has 1 aliphatic carbocycles. The fraction of sp³-hybridized carbons (Fsp3) is 0.818. The molecule has 1 aromatic rings. The second kappa shape index (κ2) is 14.2. The van der Waals surface area contributed by atoms with Crippen molar-refractivity contribution in [3.63, 3.8) is 0 Å². The van der Waals surface area contributed by atoms with E-state index in [9.17, 15) is 0 Å². The normalized spacial score (nSPS) is 20.4. The van der Waals surface area contributed by atoms with E-state index in [2.05, 4.69) is 93.5 Å². The Morgan fingerprint density at radius 2 is 1.39 bits per heavy atom. The van der Waals surface area contributed by atoms with Crippen molar-refractivity contribution in [2.75, 3.05) is 13.2 Å². The molecule has 0 radical (unpaired) electrons. The minimum absolute atomic E-state index is 0.139. The number of hydrogen-bond acceptors (Lipinski definition) is 3. The Balaban J connectivity index is 2.02. The zero-order valence-electron chi connectivity index (χ0n) is 25.4. The first-order valence-electron chi connectivity index (χ1n) is 14.9. The first-order chi connectivity index (χ1) is 16.9. The molecule has 1 aliphatic rings. The van der Waals surface area contributed by atoms with E-state index in [-0.39, 0.29) is 11.2 Å². The quantitative estimate of drug-likeness (QED) is 0.223. The van der Waals surface area contributed by atoms with Gasteiger partial charge in [0.1, 0.15) is 12.4 Å². The number of rotatable bonds is 15. The molecule has 0 aromatic heterocycles. The van der Waals surface area contributed by atoms with Crippen LogP contribution < -0.4 is 4.74 Å². The summed E-state index contributed by atoms with van der Waals surface area (Å²) in [5.74, 6) is 3.55. The van der Waals surface area contributed by atoms with Crippen LogP contribution in [0.4, 0.5) is 0 Å². The van der Waals surface area contributed by atoms with Crippen LogP contribution in [-0.2, 0) is 9.47 Å². The molecule has 1 aromatic carbocycles. The van der Waals surface area contributed by atoms with Gasteiger partial charge in [0.15, 0.2) is 0 Å². The molecule has 0 saturated heterocycles. The standard InChI is InChI=1S/C33H58O3/c1-24(2)27(7)22-33(10,36-31-14-12-11-13-15-31)28(8)23-32(9,26(5)6)35-21-20-34-30-18-16-29(17-19-30)25(3)4/h16-19,24-28,31H,11-15,20-23H2,1-10H3. The minimum atomic E-state index is -0.220. The van der Waals surface area contributed by atoms with E-state index in [0.717, 1.165) is 18.6 Å². The molecule has 0 aliphatic heterocycles. The molecule has 0 heterocycles. The summed E-state index contributed by atoms with van der Waals surface area (Å²) in [6, 6.07) is 8.46. The third kappa shape index (κ3) is 9.35. The Labute approximate surface area is 224 Å². The second-order valence-corrected chi connectivity index (χ2v) is 13.1. The fourth-order valence-corrected chi connectivity index (χ4v) is 5.47. The highest BCUT2D eigenvalue weighted by Gasteiger charge is 2.42. The summed E-state index contributed by atoms with van der Waals surface area (Å²) >= 11 is 0. The van der Waals surface area contributed by atoms with E-state index in [1.165, 1.54) is 37.7 Å². The predicted octanol–water partition coefficient (Wildman–Crippen LogP) is 9.44. The molecule has 4 unspecified atom stereocenters. The lowest BCUT2D eigenvalue weighted by Gasteiger charge is -2.46. The summed E-state index contributed by atoms with van der Waals surface area (Å²) in [5, 5.41) is 0. The second-order valence-electron chi connectivity index (χ2n) is 13.1. The maximum absolute atomic E-state index is 7.02. The van der Waals surface area contributed by atoms with Crippen LogP contribution in [0.1, 0.15) is 126 Å². The van der Waals surface area contributed by atoms with Gasteiger partial charge in [0.25, 0.3) is 0 Å². The zero-order valence-corrected chi connectivity index (χ0v) is 25.4. The van der Waals surface area contributed by atoms with E-state index in [1.807, 2.05) is 0 Å². The van der Waals surface area contributed by atoms with Crippen molar-refractivity contribution in [1.82, 2.24) is 0 Å². The van der Waals surface area contributed by atoms with Crippen molar-refractivity contribution < 1.29 is 14.2 Å². The van der Waals surface area contributed by atoms with E-state index in [4.69, 9.17) is 14.2 Å². The molecule has 0 amide bonds. The van der Waals surface area contributed by atoms with Crippen molar-refractivity contribution >= 4 is 0 Å². The molecule has 0 N–H and O–H groups in total. The molecule has 0 bridgehead atoms. The first-order valence-corrected chi connectivity index (χ1v) is 14.9. The molecule has 208 valence electrons. The van der Waals surface area contributed by atoms with Gasteiger partial charge in [0, 0.05) is 0 Å². The van der Waals surface area contributed by atoms with Crippen LogP contribution in [0, 0.1) is 23.7 Å². The maximum Gasteiger partial charge on any atom is 0.119 e. The summed E-state index contributed by atoms with van der Waals surface area (Å²) in [5.41, 5.74) is 0.979. The van der Waals surface area contributed by atoms with Gasteiger partial charge in [-0.3, -0.25) is 0 Å². The van der Waals surface area contributed by atoms with Crippen LogP contribution in [-0.4, -0.2) is 30.5 Å². The molecule has 3 heteroatoms. The van der Waals surface area contributed by atoms with Crippen LogP contribution in [0.5, 0.6) is 5.75 Å². The average Bonchev–Trinajstić information content (AvgIpc) is 2.82. The zero-order chi connectivity index (χ0) is 26.9. The summed E-state index contributed by atoms with van der Waals surface area (Å²) in [6.45, 7) is 24.3. The van der Waals surface area contributed by atoms with Gasteiger partial charge < -0.3 is 14.2 Å². The van der Waals surface area contributed by atoms with E-state index < -0.39 is 0 Å². The van der Waals surface area contributed by atoms with Crippen molar-refractivity contribution in [2.45, 2.75) is 137 Å². The highest BCUT2D eigenvalue weighted by atomic mass is 16.5. The highest BCUT2D eigenvalue weighted by molar-refractivity contribution is 5.28. The Hall–Kier alpha value is -1.06. The molecule has 3 nitrogen and oxygen atoms in total. The van der Waals surface area contributed by atoms with E-state index in [0.29, 0.717) is 48.9 Å². The summed E-state index contributed by atoms with van der Waals surface area (Å²) in [4.78, 5) is 0. The minimum Gasteiger partial charge on any atom is -0.491 e. The lowest BCUT2D eigenvalue weighted by atomic mass is 9.73. The van der Waals surface area contributed by atoms with Gasteiger partial charge in [-0.2, -0.15) is 0 Å². The van der Waals surface area contributed by atoms with Crippen molar-refractivity contribution in [3.8, 4) is 5.75 Å². The van der Waals surface area contributed by atoms with Gasteiger partial charge in [0.05, 0.1) is 23.9 Å². The molecule has 2 rings (SSSR count). The van der Waals surface area contributed by atoms with Gasteiger partial charge in [-0.25, -0.2) is 0 Å². The van der Waals surface area contributed by atoms with Crippen LogP contribution in [0.15, 0.2) is 24.3 Å². The highest BCUT2D eigenvalue weighted by Crippen LogP contribution is 2.41. The molecular weight excluding hydrogens is 444 g/mol. The molecule has 0 spiro atoms. The monoisotopic (exact) mass is 502 g/mol. The molecule has 1 saturated carbocycles. The number of ether oxygens (including phenoxy) is 3. The summed E-state index contributed by atoms with van der Waals surface area (Å²) in [6.07, 6.45) is 8.90. The first kappa shape index (κ1) is 31.2. The lowest BCUT2D eigenvalue weighted by Crippen LogP contribution is -2.47. The van der Waals surface area contributed by atoms with Crippen LogP contribution in [0.2, 0.25) is 0 Å². The van der Waals surface area contributed by atoms with Crippen molar-refractivity contribution in [3.05, 3.63) is 29.8 Å². The Morgan fingerprint density at radius 3 is 1.92 bits per heavy atom. The average molecular weight is 503 g/mol. The molecule has 1 fully saturated rings. The topological polar surface area (TPSA) is 27.7 Å². The lowest BCUT2D eigenvalue weighted by molar-refractivity contribution is -0.160.